The molecular weight excluding hydrogens is 290 g/mol. The van der Waals surface area contributed by atoms with Gasteiger partial charge in [0.05, 0.1) is 0 Å². The number of aliphatic imine (C=N–C) groups is 1. The second-order valence-electron chi connectivity index (χ2n) is 7.90. The van der Waals surface area contributed by atoms with E-state index in [4.69, 9.17) is 4.99 Å². The van der Waals surface area contributed by atoms with Gasteiger partial charge in [0.2, 0.25) is 0 Å². The van der Waals surface area contributed by atoms with Crippen molar-refractivity contribution in [2.75, 3.05) is 0 Å². The first-order chi connectivity index (χ1) is 11.4. The zero-order valence-electron chi connectivity index (χ0n) is 16.3. The molecule has 0 atom stereocenters. The first-order valence-corrected chi connectivity index (χ1v) is 9.42. The van der Waals surface area contributed by atoms with Gasteiger partial charge >= 0.3 is 0 Å². The summed E-state index contributed by atoms with van der Waals surface area (Å²) in [5.41, 5.74) is 8.07. The molecule has 0 fully saturated rings. The molecular formula is C23H33N. The molecule has 0 bridgehead atoms. The Balaban J connectivity index is 2.40. The van der Waals surface area contributed by atoms with Crippen molar-refractivity contribution in [2.45, 2.75) is 67.2 Å². The normalized spacial score (nSPS) is 15.8. The van der Waals surface area contributed by atoms with Crippen LogP contribution in [0.1, 0.15) is 71.1 Å². The van der Waals surface area contributed by atoms with Crippen molar-refractivity contribution in [2.24, 2.45) is 16.8 Å². The molecule has 1 aromatic carbocycles. The van der Waals surface area contributed by atoms with Gasteiger partial charge in [0.15, 0.2) is 0 Å². The van der Waals surface area contributed by atoms with Gasteiger partial charge in [-0.1, -0.05) is 45.9 Å². The summed E-state index contributed by atoms with van der Waals surface area (Å²) < 4.78 is 0. The smallest absolute Gasteiger partial charge is 0.0482 e. The highest BCUT2D eigenvalue weighted by Crippen LogP contribution is 2.25. The van der Waals surface area contributed by atoms with Crippen LogP contribution in [0.4, 0.5) is 0 Å². The molecule has 0 saturated heterocycles. The quantitative estimate of drug-likeness (QED) is 0.565. The molecule has 130 valence electrons. The minimum Gasteiger partial charge on any atom is -0.257 e. The van der Waals surface area contributed by atoms with Gasteiger partial charge in [-0.25, -0.2) is 0 Å². The summed E-state index contributed by atoms with van der Waals surface area (Å²) in [7, 11) is 0. The minimum absolute atomic E-state index is 0.684. The number of nitrogens with zero attached hydrogens (tertiary/aromatic N) is 1. The first kappa shape index (κ1) is 18.7. The Labute approximate surface area is 148 Å². The van der Waals surface area contributed by atoms with E-state index >= 15 is 0 Å². The number of hydrogen-bond acceptors (Lipinski definition) is 1. The Morgan fingerprint density at radius 2 is 1.54 bits per heavy atom. The molecule has 0 N–H and O–H groups in total. The van der Waals surface area contributed by atoms with E-state index in [1.807, 2.05) is 0 Å². The molecule has 0 radical (unpaired) electrons. The lowest BCUT2D eigenvalue weighted by molar-refractivity contribution is 0.636. The third kappa shape index (κ3) is 5.19. The molecule has 0 amide bonds. The van der Waals surface area contributed by atoms with Crippen LogP contribution in [0.15, 0.2) is 46.6 Å². The Hall–Kier alpha value is -1.63. The molecule has 1 aromatic rings. The highest BCUT2D eigenvalue weighted by atomic mass is 14.8. The highest BCUT2D eigenvalue weighted by molar-refractivity contribution is 6.02. The van der Waals surface area contributed by atoms with E-state index in [0.29, 0.717) is 11.8 Å². The third-order valence-electron chi connectivity index (χ3n) is 4.44. The summed E-state index contributed by atoms with van der Waals surface area (Å²) in [5, 5.41) is 0. The second kappa shape index (κ2) is 8.46. The number of benzene rings is 1. The van der Waals surface area contributed by atoms with Crippen molar-refractivity contribution in [1.82, 2.24) is 0 Å². The lowest BCUT2D eigenvalue weighted by Gasteiger charge is -2.18. The average Bonchev–Trinajstić information content (AvgIpc) is 2.47. The molecule has 0 aliphatic carbocycles. The fraction of sp³-hybridized carbons (Fsp3) is 0.522. The van der Waals surface area contributed by atoms with Crippen LogP contribution in [0, 0.1) is 11.8 Å². The Kier molecular flexibility index (Phi) is 6.60. The van der Waals surface area contributed by atoms with Crippen molar-refractivity contribution in [1.29, 1.82) is 0 Å². The van der Waals surface area contributed by atoms with Crippen molar-refractivity contribution in [3.8, 4) is 0 Å². The van der Waals surface area contributed by atoms with Crippen LogP contribution >= 0.6 is 0 Å². The lowest BCUT2D eigenvalue weighted by Crippen LogP contribution is -2.09. The van der Waals surface area contributed by atoms with Gasteiger partial charge in [-0.3, -0.25) is 4.99 Å². The maximum Gasteiger partial charge on any atom is 0.0482 e. The van der Waals surface area contributed by atoms with Gasteiger partial charge in [-0.05, 0) is 85.8 Å². The van der Waals surface area contributed by atoms with Gasteiger partial charge in [0, 0.05) is 11.4 Å². The number of rotatable bonds is 6. The van der Waals surface area contributed by atoms with E-state index in [1.165, 1.54) is 33.7 Å². The maximum atomic E-state index is 4.94. The summed E-state index contributed by atoms with van der Waals surface area (Å²) in [4.78, 5) is 4.94. The van der Waals surface area contributed by atoms with Crippen LogP contribution in [0.2, 0.25) is 0 Å². The van der Waals surface area contributed by atoms with Crippen LogP contribution in [-0.2, 0) is 12.8 Å². The summed E-state index contributed by atoms with van der Waals surface area (Å²) in [6.45, 7) is 13.4. The molecule has 0 aromatic heterocycles. The zero-order chi connectivity index (χ0) is 17.7. The van der Waals surface area contributed by atoms with E-state index in [-0.39, 0.29) is 0 Å². The first-order valence-electron chi connectivity index (χ1n) is 9.42. The predicted molar refractivity (Wildman–Crippen MR) is 107 cm³/mol. The van der Waals surface area contributed by atoms with Gasteiger partial charge in [0.1, 0.15) is 0 Å². The topological polar surface area (TPSA) is 12.4 Å². The van der Waals surface area contributed by atoms with Gasteiger partial charge < -0.3 is 0 Å². The SMILES string of the molecule is C/C=C\C1=C(C)N=C(c2cc(CC(C)C)cc(CC(C)C)c2)CC1. The molecule has 0 saturated carbocycles. The third-order valence-corrected chi connectivity index (χ3v) is 4.44. The van der Waals surface area contributed by atoms with Gasteiger partial charge in [0.25, 0.3) is 0 Å². The van der Waals surface area contributed by atoms with Crippen molar-refractivity contribution in [3.05, 3.63) is 58.3 Å². The average molecular weight is 324 g/mol. The second-order valence-corrected chi connectivity index (χ2v) is 7.90. The summed E-state index contributed by atoms with van der Waals surface area (Å²) in [6, 6.07) is 7.15. The summed E-state index contributed by atoms with van der Waals surface area (Å²) >= 11 is 0. The fourth-order valence-corrected chi connectivity index (χ4v) is 3.49. The molecule has 1 heteroatoms. The predicted octanol–water partition coefficient (Wildman–Crippen LogP) is 6.52. The molecule has 24 heavy (non-hydrogen) atoms. The lowest BCUT2D eigenvalue weighted by atomic mass is 9.91. The molecule has 1 heterocycles. The summed E-state index contributed by atoms with van der Waals surface area (Å²) in [6.07, 6.45) is 8.75. The van der Waals surface area contributed by atoms with Crippen LogP contribution < -0.4 is 0 Å². The standard InChI is InChI=1S/C23H33N/c1-7-8-21-9-10-23(24-18(21)6)22-14-19(11-16(2)3)13-20(15-22)12-17(4)5/h7-8,13-17H,9-12H2,1-6H3/b8-7-. The Morgan fingerprint density at radius 1 is 0.958 bits per heavy atom. The van der Waals surface area contributed by atoms with E-state index in [0.717, 1.165) is 25.7 Å². The molecule has 1 nitrogen and oxygen atoms in total. The number of allylic oxidation sites excluding steroid dienone is 4. The van der Waals surface area contributed by atoms with E-state index < -0.39 is 0 Å². The van der Waals surface area contributed by atoms with Gasteiger partial charge in [-0.15, -0.1) is 0 Å². The Bertz CT molecular complexity index is 628. The maximum absolute atomic E-state index is 4.94. The largest absolute Gasteiger partial charge is 0.257 e. The number of hydrogen-bond donors (Lipinski definition) is 0. The molecule has 0 unspecified atom stereocenters. The van der Waals surface area contributed by atoms with Crippen LogP contribution in [0.5, 0.6) is 0 Å². The van der Waals surface area contributed by atoms with Crippen molar-refractivity contribution < 1.29 is 0 Å². The van der Waals surface area contributed by atoms with Crippen LogP contribution in [-0.4, -0.2) is 5.71 Å². The summed E-state index contributed by atoms with van der Waals surface area (Å²) in [5.74, 6) is 1.37. The van der Waals surface area contributed by atoms with Crippen LogP contribution in [0.3, 0.4) is 0 Å². The van der Waals surface area contributed by atoms with E-state index in [9.17, 15) is 0 Å². The monoisotopic (exact) mass is 323 g/mol. The van der Waals surface area contributed by atoms with E-state index in [2.05, 4.69) is 71.9 Å². The molecule has 0 spiro atoms. The van der Waals surface area contributed by atoms with Gasteiger partial charge in [-0.2, -0.15) is 0 Å². The van der Waals surface area contributed by atoms with Crippen molar-refractivity contribution in [3.63, 3.8) is 0 Å². The fourth-order valence-electron chi connectivity index (χ4n) is 3.49. The van der Waals surface area contributed by atoms with E-state index in [1.54, 1.807) is 0 Å². The molecule has 1 aliphatic heterocycles. The van der Waals surface area contributed by atoms with Crippen molar-refractivity contribution >= 4 is 5.71 Å². The molecule has 1 aliphatic rings. The van der Waals surface area contributed by atoms with Crippen LogP contribution in [0.25, 0.3) is 0 Å². The minimum atomic E-state index is 0.684. The Morgan fingerprint density at radius 3 is 2.00 bits per heavy atom. The molecule has 2 rings (SSSR count). The highest BCUT2D eigenvalue weighted by Gasteiger charge is 2.14. The zero-order valence-corrected chi connectivity index (χ0v) is 16.3.